The Kier molecular flexibility index (Phi) is 5.46. The molecule has 7 nitrogen and oxygen atoms in total. The average Bonchev–Trinajstić information content (AvgIpc) is 2.87. The molecule has 35 heavy (non-hydrogen) atoms. The highest BCUT2D eigenvalue weighted by Gasteiger charge is 2.47. The van der Waals surface area contributed by atoms with Crippen LogP contribution in [0, 0.1) is 17.1 Å². The van der Waals surface area contributed by atoms with Crippen LogP contribution in [0.3, 0.4) is 0 Å². The van der Waals surface area contributed by atoms with Crippen LogP contribution < -0.4 is 14.8 Å². The van der Waals surface area contributed by atoms with Crippen LogP contribution in [0.15, 0.2) is 89.2 Å². The largest absolute Gasteiger partial charge is 0.496 e. The number of ether oxygens (including phenoxy) is 2. The maximum Gasteiger partial charge on any atom is 0.265 e. The summed E-state index contributed by atoms with van der Waals surface area (Å²) >= 11 is 0. The Labute approximate surface area is 202 Å². The molecule has 176 valence electrons. The maximum absolute atomic E-state index is 14.2. The number of nitriles is 1. The predicted molar refractivity (Wildman–Crippen MR) is 129 cm³/mol. The van der Waals surface area contributed by atoms with Gasteiger partial charge in [0.2, 0.25) is 5.88 Å². The van der Waals surface area contributed by atoms with Gasteiger partial charge >= 0.3 is 0 Å². The normalized spacial score (nSPS) is 18.3. The summed E-state index contributed by atoms with van der Waals surface area (Å²) in [6, 6.07) is 21.4. The lowest BCUT2D eigenvalue weighted by Gasteiger charge is -2.38. The second kappa shape index (κ2) is 8.49. The standard InChI is InChI=1S/C26H20FN3O4S/c1-33-22-9-5-3-7-19(22)23-20(14-28)26(29)34-24-18-6-2-4-8-21(18)30(35(31,32)25(23)24)15-16-10-12-17(27)13-11-16/h2-13,23H,15,29H2,1H3/t23-/m1/s1. The summed E-state index contributed by atoms with van der Waals surface area (Å²) in [6.45, 7) is -0.0455. The number of halogens is 1. The van der Waals surface area contributed by atoms with Gasteiger partial charge in [-0.3, -0.25) is 4.31 Å². The lowest BCUT2D eigenvalue weighted by Crippen LogP contribution is -2.39. The fourth-order valence-electron chi connectivity index (χ4n) is 4.45. The van der Waals surface area contributed by atoms with Crippen LogP contribution in [0.5, 0.6) is 5.75 Å². The van der Waals surface area contributed by atoms with Gasteiger partial charge in [0.1, 0.15) is 28.1 Å². The number of hydrogen-bond acceptors (Lipinski definition) is 6. The van der Waals surface area contributed by atoms with Gasteiger partial charge in [0.25, 0.3) is 10.0 Å². The van der Waals surface area contributed by atoms with Crippen molar-refractivity contribution in [3.05, 3.63) is 112 Å². The van der Waals surface area contributed by atoms with E-state index in [0.717, 1.165) is 0 Å². The Balaban J connectivity index is 1.77. The molecule has 0 amide bonds. The van der Waals surface area contributed by atoms with Gasteiger partial charge in [0.05, 0.1) is 25.3 Å². The first-order chi connectivity index (χ1) is 16.9. The summed E-state index contributed by atoms with van der Waals surface area (Å²) in [4.78, 5) is -0.103. The molecular formula is C26H20FN3O4S. The van der Waals surface area contributed by atoms with Crippen LogP contribution in [0.4, 0.5) is 10.1 Å². The van der Waals surface area contributed by atoms with Crippen LogP contribution in [0.25, 0.3) is 5.76 Å². The molecule has 0 saturated carbocycles. The van der Waals surface area contributed by atoms with E-state index in [1.165, 1.54) is 35.7 Å². The number of rotatable bonds is 4. The van der Waals surface area contributed by atoms with Gasteiger partial charge in [-0.15, -0.1) is 0 Å². The topological polar surface area (TPSA) is 106 Å². The molecule has 9 heteroatoms. The number of para-hydroxylation sites is 2. The van der Waals surface area contributed by atoms with Crippen LogP contribution >= 0.6 is 0 Å². The van der Waals surface area contributed by atoms with Gasteiger partial charge < -0.3 is 15.2 Å². The number of allylic oxidation sites excluding steroid dienone is 2. The van der Waals surface area contributed by atoms with Crippen LogP contribution in [0.2, 0.25) is 0 Å². The van der Waals surface area contributed by atoms with Crippen molar-refractivity contribution >= 4 is 21.5 Å². The number of fused-ring (bicyclic) bond motifs is 2. The highest BCUT2D eigenvalue weighted by molar-refractivity contribution is 7.96. The van der Waals surface area contributed by atoms with E-state index in [-0.39, 0.29) is 28.7 Å². The number of methoxy groups -OCH3 is 1. The van der Waals surface area contributed by atoms with Gasteiger partial charge in [-0.1, -0.05) is 42.5 Å². The Morgan fingerprint density at radius 3 is 2.49 bits per heavy atom. The van der Waals surface area contributed by atoms with Crippen molar-refractivity contribution in [1.82, 2.24) is 0 Å². The molecule has 5 rings (SSSR count). The average molecular weight is 490 g/mol. The molecular weight excluding hydrogens is 469 g/mol. The Hall–Kier alpha value is -4.29. The van der Waals surface area contributed by atoms with Crippen molar-refractivity contribution in [2.75, 3.05) is 11.4 Å². The van der Waals surface area contributed by atoms with Gasteiger partial charge in [-0.25, -0.2) is 12.8 Å². The van der Waals surface area contributed by atoms with Gasteiger partial charge in [0, 0.05) is 11.1 Å². The first-order valence-corrected chi connectivity index (χ1v) is 12.1. The van der Waals surface area contributed by atoms with Crippen LogP contribution in [-0.4, -0.2) is 15.5 Å². The minimum absolute atomic E-state index is 0.0297. The Bertz CT molecular complexity index is 1540. The summed E-state index contributed by atoms with van der Waals surface area (Å²) in [5.74, 6) is -1.15. The molecule has 0 spiro atoms. The first kappa shape index (κ1) is 22.5. The third-order valence-electron chi connectivity index (χ3n) is 6.05. The first-order valence-electron chi connectivity index (χ1n) is 10.7. The zero-order valence-electron chi connectivity index (χ0n) is 18.6. The van der Waals surface area contributed by atoms with E-state index in [4.69, 9.17) is 15.2 Å². The molecule has 2 heterocycles. The fourth-order valence-corrected chi connectivity index (χ4v) is 6.36. The molecule has 2 aliphatic rings. The third kappa shape index (κ3) is 3.59. The highest BCUT2D eigenvalue weighted by Crippen LogP contribution is 2.52. The van der Waals surface area contributed by atoms with Crippen molar-refractivity contribution in [3.8, 4) is 11.8 Å². The lowest BCUT2D eigenvalue weighted by molar-refractivity contribution is 0.355. The summed E-state index contributed by atoms with van der Waals surface area (Å²) in [5, 5.41) is 9.96. The summed E-state index contributed by atoms with van der Waals surface area (Å²) in [6.07, 6.45) is 0. The van der Waals surface area contributed by atoms with Gasteiger partial charge in [-0.2, -0.15) is 5.26 Å². The summed E-state index contributed by atoms with van der Waals surface area (Å²) in [5.41, 5.74) is 8.08. The zero-order valence-corrected chi connectivity index (χ0v) is 19.4. The van der Waals surface area contributed by atoms with E-state index in [0.29, 0.717) is 28.1 Å². The number of hydrogen-bond donors (Lipinski definition) is 1. The fraction of sp³-hybridized carbons (Fsp3) is 0.115. The van der Waals surface area contributed by atoms with Gasteiger partial charge in [0.15, 0.2) is 5.76 Å². The van der Waals surface area contributed by atoms with E-state index >= 15 is 0 Å². The monoisotopic (exact) mass is 489 g/mol. The molecule has 2 aliphatic heterocycles. The smallest absolute Gasteiger partial charge is 0.265 e. The zero-order chi connectivity index (χ0) is 24.7. The van der Waals surface area contributed by atoms with Crippen molar-refractivity contribution in [2.24, 2.45) is 5.73 Å². The minimum atomic E-state index is -4.24. The molecule has 1 atom stereocenters. The second-order valence-electron chi connectivity index (χ2n) is 8.02. The number of benzene rings is 3. The second-order valence-corrected chi connectivity index (χ2v) is 9.85. The SMILES string of the molecule is COc1ccccc1[C@@H]1C(C#N)=C(N)OC2=C1S(=O)(=O)N(Cc1ccc(F)cc1)c1ccccc12. The van der Waals surface area contributed by atoms with Crippen LogP contribution in [-0.2, 0) is 21.3 Å². The van der Waals surface area contributed by atoms with Crippen molar-refractivity contribution in [3.63, 3.8) is 0 Å². The maximum atomic E-state index is 14.2. The quantitative estimate of drug-likeness (QED) is 0.584. The number of nitrogens with zero attached hydrogens (tertiary/aromatic N) is 2. The van der Waals surface area contributed by atoms with Crippen molar-refractivity contribution in [1.29, 1.82) is 5.26 Å². The summed E-state index contributed by atoms with van der Waals surface area (Å²) in [7, 11) is -2.77. The van der Waals surface area contributed by atoms with E-state index in [9.17, 15) is 18.1 Å². The van der Waals surface area contributed by atoms with E-state index in [1.807, 2.05) is 6.07 Å². The Morgan fingerprint density at radius 1 is 1.09 bits per heavy atom. The predicted octanol–water partition coefficient (Wildman–Crippen LogP) is 4.36. The highest BCUT2D eigenvalue weighted by atomic mass is 32.2. The molecule has 3 aromatic rings. The molecule has 0 fully saturated rings. The molecule has 3 aromatic carbocycles. The molecule has 0 aromatic heterocycles. The molecule has 0 aliphatic carbocycles. The van der Waals surface area contributed by atoms with Crippen molar-refractivity contribution < 1.29 is 22.3 Å². The van der Waals surface area contributed by atoms with Crippen molar-refractivity contribution in [2.45, 2.75) is 12.5 Å². The van der Waals surface area contributed by atoms with Gasteiger partial charge in [-0.05, 0) is 35.9 Å². The molecule has 0 saturated heterocycles. The molecule has 0 bridgehead atoms. The van der Waals surface area contributed by atoms with E-state index < -0.39 is 21.8 Å². The lowest BCUT2D eigenvalue weighted by atomic mass is 9.87. The summed E-state index contributed by atoms with van der Waals surface area (Å²) < 4.78 is 54.5. The number of sulfonamides is 1. The van der Waals surface area contributed by atoms with E-state index in [1.54, 1.807) is 48.5 Å². The number of nitrogens with two attached hydrogens (primary N) is 1. The van der Waals surface area contributed by atoms with Crippen LogP contribution in [0.1, 0.15) is 22.6 Å². The number of anilines is 1. The molecule has 0 radical (unpaired) electrons. The minimum Gasteiger partial charge on any atom is -0.496 e. The molecule has 2 N–H and O–H groups in total. The third-order valence-corrected chi connectivity index (χ3v) is 7.93. The van der Waals surface area contributed by atoms with E-state index in [2.05, 4.69) is 0 Å². The molecule has 0 unspecified atom stereocenters. The Morgan fingerprint density at radius 2 is 1.77 bits per heavy atom.